The van der Waals surface area contributed by atoms with E-state index in [0.717, 1.165) is 11.9 Å². The molecule has 2 nitrogen and oxygen atoms in total. The summed E-state index contributed by atoms with van der Waals surface area (Å²) in [6.45, 7) is 6.97. The second-order valence-corrected chi connectivity index (χ2v) is 5.02. The zero-order chi connectivity index (χ0) is 11.6. The van der Waals surface area contributed by atoms with E-state index in [1.165, 1.54) is 12.0 Å². The van der Waals surface area contributed by atoms with E-state index < -0.39 is 0 Å². The van der Waals surface area contributed by atoms with Crippen LogP contribution in [-0.4, -0.2) is 19.3 Å². The average molecular weight is 218 g/mol. The van der Waals surface area contributed by atoms with Crippen molar-refractivity contribution in [3.05, 3.63) is 29.8 Å². The van der Waals surface area contributed by atoms with Crippen LogP contribution < -0.4 is 5.46 Å². The molecule has 0 amide bonds. The van der Waals surface area contributed by atoms with Crippen molar-refractivity contribution in [2.45, 2.75) is 39.2 Å². The van der Waals surface area contributed by atoms with Gasteiger partial charge in [-0.2, -0.15) is 0 Å². The molecule has 1 aliphatic rings. The van der Waals surface area contributed by atoms with E-state index >= 15 is 0 Å². The van der Waals surface area contributed by atoms with Gasteiger partial charge in [0.1, 0.15) is 0 Å². The van der Waals surface area contributed by atoms with Gasteiger partial charge in [-0.15, -0.1) is 0 Å². The molecule has 86 valence electrons. The smallest absolute Gasteiger partial charge is 0.404 e. The Morgan fingerprint density at radius 1 is 1.38 bits per heavy atom. The van der Waals surface area contributed by atoms with E-state index in [-0.39, 0.29) is 12.7 Å². The zero-order valence-electron chi connectivity index (χ0n) is 10.3. The molecule has 0 aliphatic carbocycles. The van der Waals surface area contributed by atoms with Crippen molar-refractivity contribution in [1.29, 1.82) is 0 Å². The van der Waals surface area contributed by atoms with Crippen molar-refractivity contribution in [3.8, 4) is 0 Å². The second-order valence-electron chi connectivity index (χ2n) is 5.02. The van der Waals surface area contributed by atoms with Gasteiger partial charge in [-0.05, 0) is 31.3 Å². The number of rotatable bonds is 3. The third-order valence-electron chi connectivity index (χ3n) is 2.77. The highest BCUT2D eigenvalue weighted by Gasteiger charge is 2.37. The van der Waals surface area contributed by atoms with Gasteiger partial charge in [0, 0.05) is 0 Å². The first-order valence-corrected chi connectivity index (χ1v) is 5.99. The Kier molecular flexibility index (Phi) is 3.36. The van der Waals surface area contributed by atoms with Gasteiger partial charge in [0.25, 0.3) is 0 Å². The average Bonchev–Trinajstić information content (AvgIpc) is 2.60. The van der Waals surface area contributed by atoms with Crippen LogP contribution in [0.1, 0.15) is 32.8 Å². The summed E-state index contributed by atoms with van der Waals surface area (Å²) in [5.74, 6) is 0. The number of aryl methyl sites for hydroxylation is 1. The molecule has 2 rings (SSSR count). The minimum absolute atomic E-state index is 0.161. The molecule has 0 unspecified atom stereocenters. The van der Waals surface area contributed by atoms with E-state index in [4.69, 9.17) is 9.31 Å². The highest BCUT2D eigenvalue weighted by molar-refractivity contribution is 6.61. The molecule has 1 aliphatic heterocycles. The lowest BCUT2D eigenvalue weighted by Gasteiger charge is -2.15. The van der Waals surface area contributed by atoms with Crippen molar-refractivity contribution < 1.29 is 9.31 Å². The maximum absolute atomic E-state index is 5.85. The van der Waals surface area contributed by atoms with Crippen LogP contribution in [0.3, 0.4) is 0 Å². The van der Waals surface area contributed by atoms with Crippen LogP contribution in [0.25, 0.3) is 0 Å². The van der Waals surface area contributed by atoms with Crippen LogP contribution in [0.4, 0.5) is 0 Å². The second kappa shape index (κ2) is 4.60. The fraction of sp³-hybridized carbons (Fsp3) is 0.538. The summed E-state index contributed by atoms with van der Waals surface area (Å²) in [5.41, 5.74) is 2.33. The molecule has 0 radical (unpaired) electrons. The minimum atomic E-state index is -0.188. The summed E-state index contributed by atoms with van der Waals surface area (Å²) in [7, 11) is -0.188. The molecule has 0 N–H and O–H groups in total. The van der Waals surface area contributed by atoms with Crippen molar-refractivity contribution in [1.82, 2.24) is 0 Å². The highest BCUT2D eigenvalue weighted by Crippen LogP contribution is 2.19. The van der Waals surface area contributed by atoms with E-state index in [0.29, 0.717) is 6.61 Å². The number of hydrogen-bond acceptors (Lipinski definition) is 2. The zero-order valence-corrected chi connectivity index (χ0v) is 10.3. The summed E-state index contributed by atoms with van der Waals surface area (Å²) in [4.78, 5) is 0. The third kappa shape index (κ3) is 2.66. The van der Waals surface area contributed by atoms with Crippen molar-refractivity contribution >= 4 is 12.6 Å². The fourth-order valence-electron chi connectivity index (χ4n) is 1.98. The van der Waals surface area contributed by atoms with Crippen LogP contribution in [0.2, 0.25) is 0 Å². The molecule has 1 heterocycles. The van der Waals surface area contributed by atoms with Crippen molar-refractivity contribution in [2.24, 2.45) is 0 Å². The summed E-state index contributed by atoms with van der Waals surface area (Å²) in [6, 6.07) is 8.51. The molecular formula is C13H19BO2. The number of benzene rings is 1. The van der Waals surface area contributed by atoms with Crippen LogP contribution in [0.15, 0.2) is 24.3 Å². The molecule has 1 aromatic carbocycles. The van der Waals surface area contributed by atoms with Gasteiger partial charge < -0.3 is 9.31 Å². The van der Waals surface area contributed by atoms with Crippen LogP contribution >= 0.6 is 0 Å². The first-order valence-electron chi connectivity index (χ1n) is 5.99. The number of hydrogen-bond donors (Lipinski definition) is 0. The quantitative estimate of drug-likeness (QED) is 0.724. The van der Waals surface area contributed by atoms with Crippen LogP contribution in [-0.2, 0) is 15.7 Å². The van der Waals surface area contributed by atoms with Gasteiger partial charge in [0.2, 0.25) is 0 Å². The van der Waals surface area contributed by atoms with Crippen molar-refractivity contribution in [3.63, 3.8) is 0 Å². The maximum Gasteiger partial charge on any atom is 0.494 e. The van der Waals surface area contributed by atoms with Crippen molar-refractivity contribution in [2.75, 3.05) is 6.61 Å². The van der Waals surface area contributed by atoms with Gasteiger partial charge >= 0.3 is 7.12 Å². The Bertz CT molecular complexity index is 363. The molecule has 1 aromatic rings. The van der Waals surface area contributed by atoms with Gasteiger partial charge in [-0.1, -0.05) is 37.6 Å². The Morgan fingerprint density at radius 3 is 2.81 bits per heavy atom. The predicted octanol–water partition coefficient (Wildman–Crippen LogP) is 2.16. The van der Waals surface area contributed by atoms with E-state index in [1.807, 2.05) is 0 Å². The van der Waals surface area contributed by atoms with E-state index in [1.54, 1.807) is 0 Å². The lowest BCUT2D eigenvalue weighted by molar-refractivity contribution is 0.137. The molecular weight excluding hydrogens is 199 g/mol. The standard InChI is InChI=1S/C13H19BO2/c1-4-6-11-7-5-8-12(9-11)14-15-10-13(2,3)16-14/h5,7-9H,4,6,10H2,1-3H3. The summed E-state index contributed by atoms with van der Waals surface area (Å²) in [6.07, 6.45) is 2.28. The summed E-state index contributed by atoms with van der Waals surface area (Å²) >= 11 is 0. The van der Waals surface area contributed by atoms with Gasteiger partial charge in [-0.25, -0.2) is 0 Å². The molecule has 0 atom stereocenters. The van der Waals surface area contributed by atoms with Crippen LogP contribution in [0, 0.1) is 0 Å². The third-order valence-corrected chi connectivity index (χ3v) is 2.77. The lowest BCUT2D eigenvalue weighted by atomic mass is 9.78. The molecule has 1 saturated heterocycles. The molecule has 0 saturated carbocycles. The normalized spacial score (nSPS) is 19.1. The monoisotopic (exact) mass is 218 g/mol. The van der Waals surface area contributed by atoms with E-state index in [9.17, 15) is 0 Å². The van der Waals surface area contributed by atoms with E-state index in [2.05, 4.69) is 45.0 Å². The largest absolute Gasteiger partial charge is 0.494 e. The van der Waals surface area contributed by atoms with Crippen LogP contribution in [0.5, 0.6) is 0 Å². The summed E-state index contributed by atoms with van der Waals surface area (Å²) < 4.78 is 11.5. The molecule has 3 heteroatoms. The summed E-state index contributed by atoms with van der Waals surface area (Å²) in [5, 5.41) is 0. The lowest BCUT2D eigenvalue weighted by Crippen LogP contribution is -2.34. The molecule has 16 heavy (non-hydrogen) atoms. The highest BCUT2D eigenvalue weighted by atomic mass is 16.7. The maximum atomic E-state index is 5.85. The molecule has 0 aromatic heterocycles. The van der Waals surface area contributed by atoms with Gasteiger partial charge in [0.15, 0.2) is 0 Å². The molecule has 0 bridgehead atoms. The Hall–Kier alpha value is -0.795. The first-order chi connectivity index (χ1) is 7.61. The topological polar surface area (TPSA) is 18.5 Å². The predicted molar refractivity (Wildman–Crippen MR) is 66.9 cm³/mol. The van der Waals surface area contributed by atoms with Gasteiger partial charge in [0.05, 0.1) is 12.2 Å². The molecule has 1 fully saturated rings. The Balaban J connectivity index is 2.12. The van der Waals surface area contributed by atoms with Gasteiger partial charge in [-0.3, -0.25) is 0 Å². The Labute approximate surface area is 98.1 Å². The molecule has 0 spiro atoms. The fourth-order valence-corrected chi connectivity index (χ4v) is 1.98. The SMILES string of the molecule is CCCc1cccc(B2OCC(C)(C)O2)c1. The first kappa shape index (κ1) is 11.7. The Morgan fingerprint density at radius 2 is 2.19 bits per heavy atom. The minimum Gasteiger partial charge on any atom is -0.404 e.